The molecule has 9 nitrogen and oxygen atoms in total. The van der Waals surface area contributed by atoms with Crippen LogP contribution in [0.4, 0.5) is 17.3 Å². The normalized spacial score (nSPS) is 13.6. The second-order valence-electron chi connectivity index (χ2n) is 6.29. The van der Waals surface area contributed by atoms with E-state index in [-0.39, 0.29) is 17.3 Å². The van der Waals surface area contributed by atoms with Crippen LogP contribution in [0.15, 0.2) is 30.6 Å². The molecule has 4 rings (SSSR count). The van der Waals surface area contributed by atoms with Crippen LogP contribution in [-0.2, 0) is 0 Å². The van der Waals surface area contributed by atoms with Crippen LogP contribution in [0.1, 0.15) is 23.2 Å². The molecule has 9 heteroatoms. The van der Waals surface area contributed by atoms with Crippen LogP contribution < -0.4 is 15.0 Å². The number of pyridine rings is 1. The molecule has 3 aromatic heterocycles. The maximum absolute atomic E-state index is 11.5. The summed E-state index contributed by atoms with van der Waals surface area (Å²) in [4.78, 5) is 22.0. The number of carboxylic acids is 1. The van der Waals surface area contributed by atoms with Gasteiger partial charge in [-0.25, -0.2) is 14.8 Å². The lowest BCUT2D eigenvalue weighted by atomic mass is 10.3. The minimum Gasteiger partial charge on any atom is -0.477 e. The van der Waals surface area contributed by atoms with E-state index in [4.69, 9.17) is 4.74 Å². The van der Waals surface area contributed by atoms with E-state index in [9.17, 15) is 9.90 Å². The van der Waals surface area contributed by atoms with Crippen LogP contribution in [-0.4, -0.2) is 50.9 Å². The summed E-state index contributed by atoms with van der Waals surface area (Å²) in [6, 6.07) is 5.44. The molecule has 1 saturated carbocycles. The molecule has 0 aromatic carbocycles. The molecule has 1 aliphatic carbocycles. The number of carboxylic acid groups (broad SMARTS) is 1. The quantitative estimate of drug-likeness (QED) is 0.694. The zero-order valence-corrected chi connectivity index (χ0v) is 14.4. The van der Waals surface area contributed by atoms with E-state index in [2.05, 4.69) is 20.4 Å². The second-order valence-corrected chi connectivity index (χ2v) is 6.29. The van der Waals surface area contributed by atoms with Crippen molar-refractivity contribution in [2.24, 2.45) is 0 Å². The minimum absolute atomic E-state index is 0.0393. The summed E-state index contributed by atoms with van der Waals surface area (Å²) in [7, 11) is 3.71. The summed E-state index contributed by atoms with van der Waals surface area (Å²) in [5.41, 5.74) is 0.981. The number of hydrogen-bond acceptors (Lipinski definition) is 7. The Morgan fingerprint density at radius 2 is 2.23 bits per heavy atom. The van der Waals surface area contributed by atoms with Gasteiger partial charge in [-0.3, -0.25) is 0 Å². The fraction of sp³-hybridized carbons (Fsp3) is 0.294. The van der Waals surface area contributed by atoms with Gasteiger partial charge in [-0.05, 0) is 25.0 Å². The maximum Gasteiger partial charge on any atom is 0.341 e. The Morgan fingerprint density at radius 3 is 2.92 bits per heavy atom. The van der Waals surface area contributed by atoms with Gasteiger partial charge in [0.15, 0.2) is 5.65 Å². The van der Waals surface area contributed by atoms with Crippen molar-refractivity contribution in [2.45, 2.75) is 18.9 Å². The van der Waals surface area contributed by atoms with E-state index >= 15 is 0 Å². The van der Waals surface area contributed by atoms with Gasteiger partial charge in [0.25, 0.3) is 0 Å². The first kappa shape index (κ1) is 16.1. The molecule has 0 spiro atoms. The molecule has 0 unspecified atom stereocenters. The van der Waals surface area contributed by atoms with Crippen LogP contribution in [0.3, 0.4) is 0 Å². The number of rotatable bonds is 6. The van der Waals surface area contributed by atoms with Crippen LogP contribution in [0.25, 0.3) is 5.65 Å². The fourth-order valence-electron chi connectivity index (χ4n) is 2.54. The molecule has 0 saturated heterocycles. The van der Waals surface area contributed by atoms with Crippen molar-refractivity contribution in [2.75, 3.05) is 24.3 Å². The Morgan fingerprint density at radius 1 is 1.42 bits per heavy atom. The summed E-state index contributed by atoms with van der Waals surface area (Å²) in [6.07, 6.45) is 5.25. The number of anilines is 3. The standard InChI is InChI=1S/C17H18N6O3/c1-22(2)14-8-13(21-15-11(17(24)25)9-19-23(14)15)20-12-4-3-7-18-16(12)26-10-5-6-10/h3-4,7-10H,5-6H2,1-2H3,(H,20,21)(H,24,25). The van der Waals surface area contributed by atoms with Gasteiger partial charge in [0.05, 0.1) is 6.20 Å². The first-order valence-electron chi connectivity index (χ1n) is 8.21. The third kappa shape index (κ3) is 2.99. The van der Waals surface area contributed by atoms with E-state index in [0.717, 1.165) is 12.8 Å². The Balaban J connectivity index is 1.77. The highest BCUT2D eigenvalue weighted by Gasteiger charge is 2.25. The van der Waals surface area contributed by atoms with Crippen molar-refractivity contribution < 1.29 is 14.6 Å². The predicted octanol–water partition coefficient (Wildman–Crippen LogP) is 2.17. The zero-order chi connectivity index (χ0) is 18.3. The van der Waals surface area contributed by atoms with Crippen molar-refractivity contribution in [1.29, 1.82) is 0 Å². The number of nitrogens with one attached hydrogen (secondary N) is 1. The number of fused-ring (bicyclic) bond motifs is 1. The van der Waals surface area contributed by atoms with Crippen LogP contribution in [0.5, 0.6) is 5.88 Å². The Bertz CT molecular complexity index is 980. The zero-order valence-electron chi connectivity index (χ0n) is 14.4. The van der Waals surface area contributed by atoms with Gasteiger partial charge in [-0.1, -0.05) is 0 Å². The average molecular weight is 354 g/mol. The average Bonchev–Trinajstić information content (AvgIpc) is 3.31. The van der Waals surface area contributed by atoms with E-state index in [1.165, 1.54) is 10.7 Å². The topological polar surface area (TPSA) is 105 Å². The Labute approximate surface area is 149 Å². The molecular formula is C17H18N6O3. The van der Waals surface area contributed by atoms with Crippen LogP contribution >= 0.6 is 0 Å². The number of aromatic nitrogens is 4. The molecule has 3 heterocycles. The molecule has 26 heavy (non-hydrogen) atoms. The molecule has 0 radical (unpaired) electrons. The first-order chi connectivity index (χ1) is 12.5. The lowest BCUT2D eigenvalue weighted by Gasteiger charge is -2.16. The van der Waals surface area contributed by atoms with Gasteiger partial charge in [0, 0.05) is 26.4 Å². The highest BCUT2D eigenvalue weighted by Crippen LogP contribution is 2.32. The summed E-state index contributed by atoms with van der Waals surface area (Å²) in [5.74, 6) is 0.611. The molecular weight excluding hydrogens is 336 g/mol. The van der Waals surface area contributed by atoms with E-state index in [1.54, 1.807) is 18.3 Å². The van der Waals surface area contributed by atoms with Gasteiger partial charge >= 0.3 is 5.97 Å². The number of ether oxygens (including phenoxy) is 1. The summed E-state index contributed by atoms with van der Waals surface area (Å²) in [5, 5.41) is 16.7. The molecule has 0 atom stereocenters. The fourth-order valence-corrected chi connectivity index (χ4v) is 2.54. The first-order valence-corrected chi connectivity index (χ1v) is 8.21. The Hall–Kier alpha value is -3.36. The smallest absolute Gasteiger partial charge is 0.341 e. The molecule has 2 N–H and O–H groups in total. The molecule has 0 amide bonds. The van der Waals surface area contributed by atoms with Gasteiger partial charge in [0.2, 0.25) is 5.88 Å². The largest absolute Gasteiger partial charge is 0.477 e. The molecule has 1 aliphatic rings. The van der Waals surface area contributed by atoms with Crippen molar-refractivity contribution in [3.63, 3.8) is 0 Å². The van der Waals surface area contributed by atoms with Gasteiger partial charge in [-0.15, -0.1) is 0 Å². The highest BCUT2D eigenvalue weighted by molar-refractivity contribution is 5.94. The van der Waals surface area contributed by atoms with Crippen molar-refractivity contribution in [3.05, 3.63) is 36.2 Å². The summed E-state index contributed by atoms with van der Waals surface area (Å²) >= 11 is 0. The van der Waals surface area contributed by atoms with E-state index < -0.39 is 5.97 Å². The monoisotopic (exact) mass is 354 g/mol. The third-order valence-corrected chi connectivity index (χ3v) is 3.98. The van der Waals surface area contributed by atoms with Crippen molar-refractivity contribution in [1.82, 2.24) is 19.6 Å². The Kier molecular flexibility index (Phi) is 3.83. The van der Waals surface area contributed by atoms with Gasteiger partial charge in [0.1, 0.15) is 29.0 Å². The number of aromatic carboxylic acids is 1. The van der Waals surface area contributed by atoms with Crippen LogP contribution in [0.2, 0.25) is 0 Å². The van der Waals surface area contributed by atoms with Gasteiger partial charge in [-0.2, -0.15) is 9.61 Å². The summed E-state index contributed by atoms with van der Waals surface area (Å²) < 4.78 is 7.32. The highest BCUT2D eigenvalue weighted by atomic mass is 16.5. The predicted molar refractivity (Wildman–Crippen MR) is 95.4 cm³/mol. The lowest BCUT2D eigenvalue weighted by molar-refractivity contribution is 0.0699. The van der Waals surface area contributed by atoms with E-state index in [1.807, 2.05) is 25.1 Å². The lowest BCUT2D eigenvalue weighted by Crippen LogP contribution is -2.15. The number of carbonyl (C=O) groups is 1. The van der Waals surface area contributed by atoms with Gasteiger partial charge < -0.3 is 20.1 Å². The van der Waals surface area contributed by atoms with Crippen LogP contribution in [0, 0.1) is 0 Å². The maximum atomic E-state index is 11.5. The minimum atomic E-state index is -1.08. The number of hydrogen-bond donors (Lipinski definition) is 2. The molecule has 0 aliphatic heterocycles. The SMILES string of the molecule is CN(C)c1cc(Nc2cccnc2OC2CC2)nc2c(C(=O)O)cnn12. The van der Waals surface area contributed by atoms with Crippen molar-refractivity contribution >= 4 is 28.9 Å². The third-order valence-electron chi connectivity index (χ3n) is 3.98. The molecule has 0 bridgehead atoms. The molecule has 1 fully saturated rings. The van der Waals surface area contributed by atoms with Crippen molar-refractivity contribution in [3.8, 4) is 5.88 Å². The second kappa shape index (κ2) is 6.17. The molecule has 134 valence electrons. The molecule has 3 aromatic rings. The number of nitrogens with zero attached hydrogens (tertiary/aromatic N) is 5. The summed E-state index contributed by atoms with van der Waals surface area (Å²) in [6.45, 7) is 0. The van der Waals surface area contributed by atoms with E-state index in [0.29, 0.717) is 23.2 Å².